The van der Waals surface area contributed by atoms with Crippen molar-refractivity contribution in [3.05, 3.63) is 41.6 Å². The summed E-state index contributed by atoms with van der Waals surface area (Å²) < 4.78 is 0. The molecule has 134 valence electrons. The van der Waals surface area contributed by atoms with Crippen molar-refractivity contribution in [1.82, 2.24) is 9.88 Å². The molecule has 0 unspecified atom stereocenters. The van der Waals surface area contributed by atoms with E-state index in [0.29, 0.717) is 12.1 Å². The van der Waals surface area contributed by atoms with Crippen LogP contribution in [-0.2, 0) is 4.79 Å². The summed E-state index contributed by atoms with van der Waals surface area (Å²) in [6, 6.07) is 7.58. The molecule has 1 saturated heterocycles. The standard InChI is InChI=1S/C22H24N2O2/c1-4-16-7-6-14-24(16)21(26)11-10-20(25)18-12-13-23-19-9-5-8-17(15(2)3)22(18)19/h1,5,8-9,12-13,15-16H,6-7,10-11,14H2,2-3H3/t16-/m1/s1. The fourth-order valence-electron chi connectivity index (χ4n) is 3.68. The first-order chi connectivity index (χ1) is 12.5. The lowest BCUT2D eigenvalue weighted by atomic mass is 9.92. The van der Waals surface area contributed by atoms with Gasteiger partial charge < -0.3 is 4.90 Å². The van der Waals surface area contributed by atoms with Gasteiger partial charge in [-0.25, -0.2) is 0 Å². The minimum Gasteiger partial charge on any atom is -0.329 e. The van der Waals surface area contributed by atoms with Crippen molar-refractivity contribution >= 4 is 22.6 Å². The molecular weight excluding hydrogens is 324 g/mol. The molecule has 1 fully saturated rings. The van der Waals surface area contributed by atoms with Crippen LogP contribution in [0.2, 0.25) is 0 Å². The number of carbonyl (C=O) groups is 2. The molecule has 0 spiro atoms. The summed E-state index contributed by atoms with van der Waals surface area (Å²) in [5.41, 5.74) is 2.58. The van der Waals surface area contributed by atoms with Crippen LogP contribution in [-0.4, -0.2) is 34.2 Å². The molecule has 0 aliphatic carbocycles. The Morgan fingerprint density at radius 2 is 2.12 bits per heavy atom. The minimum absolute atomic E-state index is 0.0182. The van der Waals surface area contributed by atoms with Crippen LogP contribution in [0.1, 0.15) is 61.4 Å². The zero-order chi connectivity index (χ0) is 18.7. The van der Waals surface area contributed by atoms with E-state index in [1.54, 1.807) is 17.2 Å². The molecule has 26 heavy (non-hydrogen) atoms. The lowest BCUT2D eigenvalue weighted by molar-refractivity contribution is -0.131. The number of fused-ring (bicyclic) bond motifs is 1. The fraction of sp³-hybridized carbons (Fsp3) is 0.409. The third-order valence-corrected chi connectivity index (χ3v) is 5.05. The molecule has 2 aromatic rings. The number of amides is 1. The van der Waals surface area contributed by atoms with E-state index in [0.717, 1.165) is 29.3 Å². The van der Waals surface area contributed by atoms with Gasteiger partial charge in [-0.1, -0.05) is 31.9 Å². The molecule has 0 bridgehead atoms. The van der Waals surface area contributed by atoms with Gasteiger partial charge in [0.2, 0.25) is 5.91 Å². The van der Waals surface area contributed by atoms with Gasteiger partial charge in [-0.15, -0.1) is 6.42 Å². The number of likely N-dealkylation sites (tertiary alicyclic amines) is 1. The Labute approximate surface area is 154 Å². The number of carbonyl (C=O) groups excluding carboxylic acids is 2. The highest BCUT2D eigenvalue weighted by Crippen LogP contribution is 2.28. The summed E-state index contributed by atoms with van der Waals surface area (Å²) in [7, 11) is 0. The van der Waals surface area contributed by atoms with Gasteiger partial charge in [0.25, 0.3) is 0 Å². The smallest absolute Gasteiger partial charge is 0.224 e. The van der Waals surface area contributed by atoms with Crippen molar-refractivity contribution in [3.63, 3.8) is 0 Å². The molecule has 3 rings (SSSR count). The molecule has 1 amide bonds. The third kappa shape index (κ3) is 3.48. The first-order valence-corrected chi connectivity index (χ1v) is 9.19. The molecule has 1 aromatic heterocycles. The Kier molecular flexibility index (Phi) is 5.37. The Morgan fingerprint density at radius 3 is 2.85 bits per heavy atom. The van der Waals surface area contributed by atoms with Crippen molar-refractivity contribution in [3.8, 4) is 12.3 Å². The predicted molar refractivity (Wildman–Crippen MR) is 103 cm³/mol. The van der Waals surface area contributed by atoms with Gasteiger partial charge in [0.05, 0.1) is 11.6 Å². The van der Waals surface area contributed by atoms with E-state index < -0.39 is 0 Å². The van der Waals surface area contributed by atoms with Gasteiger partial charge in [-0.05, 0) is 36.5 Å². The van der Waals surface area contributed by atoms with E-state index in [1.165, 1.54) is 0 Å². The van der Waals surface area contributed by atoms with Crippen LogP contribution >= 0.6 is 0 Å². The molecule has 0 N–H and O–H groups in total. The average molecular weight is 348 g/mol. The van der Waals surface area contributed by atoms with Crippen molar-refractivity contribution < 1.29 is 9.59 Å². The highest BCUT2D eigenvalue weighted by Gasteiger charge is 2.27. The second-order valence-corrected chi connectivity index (χ2v) is 7.09. The summed E-state index contributed by atoms with van der Waals surface area (Å²) in [6.45, 7) is 4.90. The summed E-state index contributed by atoms with van der Waals surface area (Å²) in [4.78, 5) is 31.5. The number of pyridine rings is 1. The first kappa shape index (κ1) is 18.1. The van der Waals surface area contributed by atoms with Crippen LogP contribution in [0.15, 0.2) is 30.5 Å². The lowest BCUT2D eigenvalue weighted by Gasteiger charge is -2.20. The van der Waals surface area contributed by atoms with E-state index in [-0.39, 0.29) is 36.5 Å². The van der Waals surface area contributed by atoms with Gasteiger partial charge in [0.1, 0.15) is 0 Å². The Morgan fingerprint density at radius 1 is 1.31 bits per heavy atom. The van der Waals surface area contributed by atoms with Crippen LogP contribution in [0.5, 0.6) is 0 Å². The number of aromatic nitrogens is 1. The predicted octanol–water partition coefficient (Wildman–Crippen LogP) is 3.95. The zero-order valence-electron chi connectivity index (χ0n) is 15.4. The van der Waals surface area contributed by atoms with Crippen LogP contribution < -0.4 is 0 Å². The Hall–Kier alpha value is -2.67. The Balaban J connectivity index is 1.80. The number of nitrogens with zero attached hydrogens (tertiary/aromatic N) is 2. The number of terminal acetylenes is 1. The highest BCUT2D eigenvalue weighted by molar-refractivity contribution is 6.09. The van der Waals surface area contributed by atoms with Crippen LogP contribution in [0, 0.1) is 12.3 Å². The van der Waals surface area contributed by atoms with Crippen LogP contribution in [0.25, 0.3) is 10.9 Å². The molecule has 4 nitrogen and oxygen atoms in total. The first-order valence-electron chi connectivity index (χ1n) is 9.19. The number of ketones is 1. The number of rotatable bonds is 5. The second kappa shape index (κ2) is 7.70. The number of hydrogen-bond acceptors (Lipinski definition) is 3. The van der Waals surface area contributed by atoms with Crippen molar-refractivity contribution in [2.45, 2.75) is 51.5 Å². The maximum atomic E-state index is 12.9. The topological polar surface area (TPSA) is 50.3 Å². The van der Waals surface area contributed by atoms with Gasteiger partial charge in [-0.3, -0.25) is 14.6 Å². The Bertz CT molecular complexity index is 874. The summed E-state index contributed by atoms with van der Waals surface area (Å²) in [5, 5.41) is 0.908. The minimum atomic E-state index is -0.119. The van der Waals surface area contributed by atoms with E-state index in [2.05, 4.69) is 24.8 Å². The van der Waals surface area contributed by atoms with Crippen molar-refractivity contribution in [1.29, 1.82) is 0 Å². The molecule has 1 aromatic carbocycles. The molecule has 2 heterocycles. The SMILES string of the molecule is C#C[C@@H]1CCCN1C(=O)CCC(=O)c1ccnc2cccc(C(C)C)c12. The fourth-order valence-corrected chi connectivity index (χ4v) is 3.68. The molecule has 1 aliphatic rings. The monoisotopic (exact) mass is 348 g/mol. The van der Waals surface area contributed by atoms with E-state index >= 15 is 0 Å². The molecule has 4 heteroatoms. The maximum absolute atomic E-state index is 12.9. The molecule has 0 saturated carbocycles. The van der Waals surface area contributed by atoms with Crippen LogP contribution in [0.4, 0.5) is 0 Å². The van der Waals surface area contributed by atoms with Gasteiger partial charge >= 0.3 is 0 Å². The number of hydrogen-bond donors (Lipinski definition) is 0. The van der Waals surface area contributed by atoms with Crippen molar-refractivity contribution in [2.75, 3.05) is 6.54 Å². The van der Waals surface area contributed by atoms with Gasteiger partial charge in [-0.2, -0.15) is 0 Å². The summed E-state index contributed by atoms with van der Waals surface area (Å²) >= 11 is 0. The van der Waals surface area contributed by atoms with Gasteiger partial charge in [0, 0.05) is 36.5 Å². The molecule has 1 atom stereocenters. The summed E-state index contributed by atoms with van der Waals surface area (Å²) in [6.07, 6.45) is 9.34. The van der Waals surface area contributed by atoms with Crippen molar-refractivity contribution in [2.24, 2.45) is 0 Å². The zero-order valence-corrected chi connectivity index (χ0v) is 15.4. The molecule has 1 aliphatic heterocycles. The van der Waals surface area contributed by atoms with Gasteiger partial charge in [0.15, 0.2) is 5.78 Å². The molecule has 0 radical (unpaired) electrons. The molecular formula is C22H24N2O2. The number of Topliss-reactive ketones (excluding diaryl/α,β-unsaturated/α-hetero) is 1. The lowest BCUT2D eigenvalue weighted by Crippen LogP contribution is -2.34. The maximum Gasteiger partial charge on any atom is 0.224 e. The highest BCUT2D eigenvalue weighted by atomic mass is 16.2. The second-order valence-electron chi connectivity index (χ2n) is 7.09. The normalized spacial score (nSPS) is 16.8. The largest absolute Gasteiger partial charge is 0.329 e. The van der Waals surface area contributed by atoms with E-state index in [9.17, 15) is 9.59 Å². The third-order valence-electron chi connectivity index (χ3n) is 5.05. The average Bonchev–Trinajstić information content (AvgIpc) is 3.13. The van der Waals surface area contributed by atoms with Crippen LogP contribution in [0.3, 0.4) is 0 Å². The quantitative estimate of drug-likeness (QED) is 0.607. The number of benzene rings is 1. The summed E-state index contributed by atoms with van der Waals surface area (Å²) in [5.74, 6) is 2.91. The van der Waals surface area contributed by atoms with E-state index in [1.807, 2.05) is 18.2 Å². The van der Waals surface area contributed by atoms with E-state index in [4.69, 9.17) is 6.42 Å².